The summed E-state index contributed by atoms with van der Waals surface area (Å²) in [5.41, 5.74) is 1.48. The zero-order valence-electron chi connectivity index (χ0n) is 16.8. The van der Waals surface area contributed by atoms with E-state index in [2.05, 4.69) is 18.9 Å². The summed E-state index contributed by atoms with van der Waals surface area (Å²) < 4.78 is 6.39. The lowest BCUT2D eigenvalue weighted by Crippen LogP contribution is -2.42. The number of fused-ring (bicyclic) bond motifs is 1. The Balaban J connectivity index is 1.60. The topological polar surface area (TPSA) is 97.1 Å². The van der Waals surface area contributed by atoms with Crippen molar-refractivity contribution in [3.8, 4) is 10.8 Å². The maximum atomic E-state index is 13.2. The molecule has 3 aromatic rings. The van der Waals surface area contributed by atoms with Crippen molar-refractivity contribution in [1.29, 1.82) is 0 Å². The van der Waals surface area contributed by atoms with Gasteiger partial charge in [0, 0.05) is 44.0 Å². The van der Waals surface area contributed by atoms with Crippen LogP contribution >= 0.6 is 11.5 Å². The summed E-state index contributed by atoms with van der Waals surface area (Å²) in [7, 11) is 0. The van der Waals surface area contributed by atoms with Crippen LogP contribution in [0.5, 0.6) is 0 Å². The number of hydrogen-bond acceptors (Lipinski definition) is 7. The van der Waals surface area contributed by atoms with E-state index in [0.717, 1.165) is 17.1 Å². The Hall–Kier alpha value is -3.14. The van der Waals surface area contributed by atoms with Crippen LogP contribution in [0.15, 0.2) is 24.5 Å². The van der Waals surface area contributed by atoms with Crippen molar-refractivity contribution in [2.24, 2.45) is 0 Å². The summed E-state index contributed by atoms with van der Waals surface area (Å²) in [5, 5.41) is 0.729. The molecule has 2 amide bonds. The second-order valence-electron chi connectivity index (χ2n) is 7.50. The largest absolute Gasteiger partial charge is 0.328 e. The van der Waals surface area contributed by atoms with E-state index in [-0.39, 0.29) is 17.9 Å². The zero-order valence-corrected chi connectivity index (χ0v) is 17.6. The lowest BCUT2D eigenvalue weighted by atomic mass is 10.1. The minimum absolute atomic E-state index is 0.0515. The van der Waals surface area contributed by atoms with Gasteiger partial charge >= 0.3 is 0 Å². The van der Waals surface area contributed by atoms with Crippen LogP contribution in [-0.4, -0.2) is 53.7 Å². The van der Waals surface area contributed by atoms with Gasteiger partial charge in [-0.25, -0.2) is 9.97 Å². The van der Waals surface area contributed by atoms with Gasteiger partial charge in [0.1, 0.15) is 5.82 Å². The van der Waals surface area contributed by atoms with Crippen LogP contribution in [0.1, 0.15) is 47.7 Å². The summed E-state index contributed by atoms with van der Waals surface area (Å²) in [6.07, 6.45) is 4.58. The van der Waals surface area contributed by atoms with Gasteiger partial charge in [0.05, 0.1) is 11.7 Å². The molecule has 9 nitrogen and oxygen atoms in total. The van der Waals surface area contributed by atoms with Crippen molar-refractivity contribution in [3.63, 3.8) is 0 Å². The number of aryl methyl sites for hydroxylation is 1. The van der Waals surface area contributed by atoms with E-state index in [0.29, 0.717) is 49.1 Å². The number of pyridine rings is 1. The Morgan fingerprint density at radius 1 is 1.17 bits per heavy atom. The van der Waals surface area contributed by atoms with Crippen molar-refractivity contribution in [3.05, 3.63) is 41.6 Å². The van der Waals surface area contributed by atoms with Crippen LogP contribution in [0.25, 0.3) is 10.8 Å². The first-order valence-electron chi connectivity index (χ1n) is 9.97. The molecule has 0 N–H and O–H groups in total. The predicted molar refractivity (Wildman–Crippen MR) is 111 cm³/mol. The maximum Gasteiger partial charge on any atom is 0.254 e. The monoisotopic (exact) mass is 423 g/mol. The van der Waals surface area contributed by atoms with Crippen molar-refractivity contribution in [2.45, 2.75) is 39.3 Å². The summed E-state index contributed by atoms with van der Waals surface area (Å²) in [5.74, 6) is 2.07. The molecular weight excluding hydrogens is 402 g/mol. The molecule has 1 atom stereocenters. The van der Waals surface area contributed by atoms with Crippen LogP contribution in [0, 0.1) is 6.92 Å². The predicted octanol–water partition coefficient (Wildman–Crippen LogP) is 2.45. The molecule has 0 radical (unpaired) electrons. The Labute approximate surface area is 177 Å². The van der Waals surface area contributed by atoms with Gasteiger partial charge in [0.2, 0.25) is 5.91 Å². The minimum atomic E-state index is -0.238. The molecule has 0 aromatic carbocycles. The highest BCUT2D eigenvalue weighted by molar-refractivity contribution is 7.09. The van der Waals surface area contributed by atoms with Gasteiger partial charge in [0.15, 0.2) is 16.6 Å². The third-order valence-electron chi connectivity index (χ3n) is 5.65. The van der Waals surface area contributed by atoms with Gasteiger partial charge in [-0.05, 0) is 43.9 Å². The molecule has 3 aromatic heterocycles. The van der Waals surface area contributed by atoms with Gasteiger partial charge in [-0.2, -0.15) is 4.37 Å². The van der Waals surface area contributed by atoms with Crippen molar-refractivity contribution in [1.82, 2.24) is 28.8 Å². The van der Waals surface area contributed by atoms with Crippen molar-refractivity contribution >= 4 is 29.2 Å². The Morgan fingerprint density at radius 3 is 2.63 bits per heavy atom. The Kier molecular flexibility index (Phi) is 4.58. The molecular formula is C20H21N7O2S. The van der Waals surface area contributed by atoms with Crippen LogP contribution in [0.3, 0.4) is 0 Å². The molecule has 154 valence electrons. The SMILES string of the molecule is Cc1nsc(-c2nc(N3CCCC3=O)c3n2CCN(C(=O)c2ccncc2)[C@@H]3C)n1. The zero-order chi connectivity index (χ0) is 20.8. The van der Waals surface area contributed by atoms with E-state index >= 15 is 0 Å². The third-order valence-corrected chi connectivity index (χ3v) is 6.45. The molecule has 0 saturated carbocycles. The van der Waals surface area contributed by atoms with Crippen molar-refractivity contribution < 1.29 is 9.59 Å². The standard InChI is InChI=1S/C20H21N7O2S/c1-12-16-17(26-9-3-4-15(26)28)23-18(19-22-13(2)24-30-19)27(16)11-10-25(12)20(29)14-5-7-21-8-6-14/h5-8,12H,3-4,9-11H2,1-2H3/t12-/m1/s1. The number of hydrogen-bond donors (Lipinski definition) is 0. The smallest absolute Gasteiger partial charge is 0.254 e. The highest BCUT2D eigenvalue weighted by Gasteiger charge is 2.38. The normalized spacial score (nSPS) is 18.7. The van der Waals surface area contributed by atoms with Gasteiger partial charge in [-0.1, -0.05) is 0 Å². The second kappa shape index (κ2) is 7.28. The summed E-state index contributed by atoms with van der Waals surface area (Å²) in [6.45, 7) is 5.61. The lowest BCUT2D eigenvalue weighted by Gasteiger charge is -2.36. The van der Waals surface area contributed by atoms with Crippen LogP contribution in [0.2, 0.25) is 0 Å². The van der Waals surface area contributed by atoms with Crippen molar-refractivity contribution in [2.75, 3.05) is 18.0 Å². The number of anilines is 1. The fourth-order valence-corrected chi connectivity index (χ4v) is 4.87. The molecule has 0 bridgehead atoms. The summed E-state index contributed by atoms with van der Waals surface area (Å²) in [6, 6.07) is 3.21. The van der Waals surface area contributed by atoms with Gasteiger partial charge in [-0.15, -0.1) is 0 Å². The maximum absolute atomic E-state index is 13.2. The van der Waals surface area contributed by atoms with E-state index in [4.69, 9.17) is 4.98 Å². The number of aromatic nitrogens is 5. The Bertz CT molecular complexity index is 1120. The highest BCUT2D eigenvalue weighted by atomic mass is 32.1. The first kappa shape index (κ1) is 18.9. The quantitative estimate of drug-likeness (QED) is 0.642. The second-order valence-corrected chi connectivity index (χ2v) is 8.25. The van der Waals surface area contributed by atoms with Gasteiger partial charge in [0.25, 0.3) is 5.91 Å². The molecule has 1 fully saturated rings. The number of carbonyl (C=O) groups excluding carboxylic acids is 2. The van der Waals surface area contributed by atoms with E-state index < -0.39 is 0 Å². The molecule has 5 heterocycles. The fraction of sp³-hybridized carbons (Fsp3) is 0.400. The highest BCUT2D eigenvalue weighted by Crippen LogP contribution is 2.39. The third kappa shape index (κ3) is 2.98. The van der Waals surface area contributed by atoms with E-state index in [9.17, 15) is 9.59 Å². The van der Waals surface area contributed by atoms with E-state index in [1.807, 2.05) is 18.7 Å². The van der Waals surface area contributed by atoms with Crippen LogP contribution < -0.4 is 4.90 Å². The average molecular weight is 424 g/mol. The molecule has 10 heteroatoms. The molecule has 0 unspecified atom stereocenters. The first-order chi connectivity index (χ1) is 14.5. The summed E-state index contributed by atoms with van der Waals surface area (Å²) >= 11 is 1.30. The molecule has 5 rings (SSSR count). The number of nitrogens with zero attached hydrogens (tertiary/aromatic N) is 7. The summed E-state index contributed by atoms with van der Waals surface area (Å²) in [4.78, 5) is 42.6. The number of rotatable bonds is 3. The van der Waals surface area contributed by atoms with E-state index in [1.54, 1.807) is 29.4 Å². The molecule has 0 aliphatic carbocycles. The molecule has 0 spiro atoms. The van der Waals surface area contributed by atoms with Crippen LogP contribution in [0.4, 0.5) is 5.82 Å². The number of amides is 2. The van der Waals surface area contributed by atoms with Gasteiger partial charge < -0.3 is 9.47 Å². The van der Waals surface area contributed by atoms with Crippen LogP contribution in [-0.2, 0) is 11.3 Å². The molecule has 1 saturated heterocycles. The molecule has 30 heavy (non-hydrogen) atoms. The lowest BCUT2D eigenvalue weighted by molar-refractivity contribution is -0.117. The minimum Gasteiger partial charge on any atom is -0.328 e. The van der Waals surface area contributed by atoms with Gasteiger partial charge in [-0.3, -0.25) is 19.5 Å². The average Bonchev–Trinajstić information content (AvgIpc) is 3.46. The first-order valence-corrected chi connectivity index (χ1v) is 10.7. The number of imidazole rings is 1. The Morgan fingerprint density at radius 2 is 1.97 bits per heavy atom. The molecule has 2 aliphatic rings. The fourth-order valence-electron chi connectivity index (χ4n) is 4.20. The van der Waals surface area contributed by atoms with E-state index in [1.165, 1.54) is 11.5 Å². The number of carbonyl (C=O) groups is 2. The molecule has 2 aliphatic heterocycles.